The number of nitrogens with one attached hydrogen (secondary N) is 2. The largest absolute Gasteiger partial charge is 0.357 e. The minimum Gasteiger partial charge on any atom is -0.357 e. The van der Waals surface area contributed by atoms with Gasteiger partial charge in [-0.2, -0.15) is 0 Å². The van der Waals surface area contributed by atoms with E-state index in [0.717, 1.165) is 44.2 Å². The van der Waals surface area contributed by atoms with Crippen LogP contribution in [0.5, 0.6) is 0 Å². The molecule has 1 saturated heterocycles. The predicted molar refractivity (Wildman–Crippen MR) is 125 cm³/mol. The number of non-ortho nitro benzene ring substituents is 1. The number of carbonyl (C=O) groups excluding carboxylic acids is 1. The summed E-state index contributed by atoms with van der Waals surface area (Å²) in [6.07, 6.45) is 0. The van der Waals surface area contributed by atoms with Crippen LogP contribution in [0.25, 0.3) is 0 Å². The zero-order chi connectivity index (χ0) is 20.5. The maximum atomic E-state index is 11.9. The third-order valence-corrected chi connectivity index (χ3v) is 4.36. The number of guanidine groups is 1. The van der Waals surface area contributed by atoms with Crippen LogP contribution >= 0.6 is 24.0 Å². The van der Waals surface area contributed by atoms with E-state index in [9.17, 15) is 14.9 Å². The highest BCUT2D eigenvalue weighted by Crippen LogP contribution is 2.14. The number of amides is 1. The van der Waals surface area contributed by atoms with Gasteiger partial charge in [-0.05, 0) is 26.3 Å². The zero-order valence-electron chi connectivity index (χ0n) is 17.3. The van der Waals surface area contributed by atoms with E-state index >= 15 is 0 Å². The Hall–Kier alpha value is -1.95. The first-order chi connectivity index (χ1) is 13.4. The van der Waals surface area contributed by atoms with Crippen LogP contribution in [0.1, 0.15) is 26.3 Å². The standard InChI is InChI=1S/C19H30N6O3.HI/c1-4-20-19(21-13-16-6-5-7-17(12-16)25(27)28)24-10-8-23(9-11-24)14-18(26)22-15(2)3;/h5-7,12,15H,4,8-11,13-14H2,1-3H3,(H,20,21)(H,22,26);1H. The number of piperazine rings is 1. The van der Waals surface area contributed by atoms with E-state index in [2.05, 4.69) is 25.4 Å². The van der Waals surface area contributed by atoms with Gasteiger partial charge in [0.15, 0.2) is 5.96 Å². The van der Waals surface area contributed by atoms with Crippen molar-refractivity contribution in [2.45, 2.75) is 33.4 Å². The topological polar surface area (TPSA) is 103 Å². The van der Waals surface area contributed by atoms with E-state index in [0.29, 0.717) is 13.1 Å². The maximum Gasteiger partial charge on any atom is 0.269 e. The minimum absolute atomic E-state index is 0. The lowest BCUT2D eigenvalue weighted by molar-refractivity contribution is -0.384. The summed E-state index contributed by atoms with van der Waals surface area (Å²) in [7, 11) is 0. The molecule has 29 heavy (non-hydrogen) atoms. The molecule has 0 saturated carbocycles. The fraction of sp³-hybridized carbons (Fsp3) is 0.579. The van der Waals surface area contributed by atoms with Crippen LogP contribution in [0, 0.1) is 10.1 Å². The van der Waals surface area contributed by atoms with E-state index in [1.807, 2.05) is 26.8 Å². The fourth-order valence-corrected chi connectivity index (χ4v) is 3.05. The van der Waals surface area contributed by atoms with Gasteiger partial charge < -0.3 is 15.5 Å². The number of nitro groups is 1. The molecule has 1 fully saturated rings. The molecule has 0 bridgehead atoms. The Morgan fingerprint density at radius 1 is 1.28 bits per heavy atom. The number of rotatable bonds is 7. The van der Waals surface area contributed by atoms with Crippen molar-refractivity contribution in [2.75, 3.05) is 39.3 Å². The van der Waals surface area contributed by atoms with Crippen molar-refractivity contribution in [1.29, 1.82) is 0 Å². The van der Waals surface area contributed by atoms with Gasteiger partial charge in [-0.1, -0.05) is 12.1 Å². The van der Waals surface area contributed by atoms with Crippen LogP contribution in [0.2, 0.25) is 0 Å². The van der Waals surface area contributed by atoms with Gasteiger partial charge in [0, 0.05) is 50.9 Å². The van der Waals surface area contributed by atoms with Gasteiger partial charge in [0.2, 0.25) is 5.91 Å². The maximum absolute atomic E-state index is 11.9. The smallest absolute Gasteiger partial charge is 0.269 e. The molecule has 1 aromatic rings. The Morgan fingerprint density at radius 2 is 1.97 bits per heavy atom. The molecule has 1 aliphatic heterocycles. The molecule has 1 amide bonds. The molecule has 1 aliphatic rings. The summed E-state index contributed by atoms with van der Waals surface area (Å²) in [6, 6.07) is 6.70. The van der Waals surface area contributed by atoms with Crippen LogP contribution in [-0.4, -0.2) is 71.9 Å². The van der Waals surface area contributed by atoms with Crippen molar-refractivity contribution in [1.82, 2.24) is 20.4 Å². The third kappa shape index (κ3) is 8.52. The lowest BCUT2D eigenvalue weighted by atomic mass is 10.2. The predicted octanol–water partition coefficient (Wildman–Crippen LogP) is 1.82. The number of aliphatic imine (C=N–C) groups is 1. The van der Waals surface area contributed by atoms with Crippen molar-refractivity contribution in [2.24, 2.45) is 4.99 Å². The Balaban J connectivity index is 0.00000420. The monoisotopic (exact) mass is 518 g/mol. The van der Waals surface area contributed by atoms with Gasteiger partial charge in [-0.25, -0.2) is 4.99 Å². The first-order valence-corrected chi connectivity index (χ1v) is 9.67. The molecule has 2 rings (SSSR count). The molecule has 9 nitrogen and oxygen atoms in total. The molecular weight excluding hydrogens is 487 g/mol. The Kier molecular flexibility index (Phi) is 10.9. The molecule has 0 radical (unpaired) electrons. The number of nitro benzene ring substituents is 1. The van der Waals surface area contributed by atoms with Gasteiger partial charge in [0.1, 0.15) is 0 Å². The van der Waals surface area contributed by atoms with E-state index in [4.69, 9.17) is 0 Å². The Labute approximate surface area is 189 Å². The second-order valence-electron chi connectivity index (χ2n) is 7.08. The number of carbonyl (C=O) groups is 1. The quantitative estimate of drug-likeness (QED) is 0.188. The average Bonchev–Trinajstić information content (AvgIpc) is 2.65. The van der Waals surface area contributed by atoms with Gasteiger partial charge in [-0.15, -0.1) is 24.0 Å². The van der Waals surface area contributed by atoms with Crippen LogP contribution in [0.4, 0.5) is 5.69 Å². The van der Waals surface area contributed by atoms with Crippen molar-refractivity contribution >= 4 is 41.5 Å². The Bertz CT molecular complexity index is 705. The number of benzene rings is 1. The normalized spacial score (nSPS) is 15.0. The summed E-state index contributed by atoms with van der Waals surface area (Å²) < 4.78 is 0. The van der Waals surface area contributed by atoms with Crippen molar-refractivity contribution in [3.63, 3.8) is 0 Å². The highest BCUT2D eigenvalue weighted by molar-refractivity contribution is 14.0. The summed E-state index contributed by atoms with van der Waals surface area (Å²) in [5.74, 6) is 0.843. The van der Waals surface area contributed by atoms with E-state index < -0.39 is 4.92 Å². The van der Waals surface area contributed by atoms with Gasteiger partial charge in [0.25, 0.3) is 5.69 Å². The van der Waals surface area contributed by atoms with Crippen molar-refractivity contribution in [3.8, 4) is 0 Å². The van der Waals surface area contributed by atoms with Crippen LogP contribution in [-0.2, 0) is 11.3 Å². The molecule has 0 aliphatic carbocycles. The highest BCUT2D eigenvalue weighted by Gasteiger charge is 2.21. The fourth-order valence-electron chi connectivity index (χ4n) is 3.05. The van der Waals surface area contributed by atoms with Gasteiger partial charge in [0.05, 0.1) is 18.0 Å². The van der Waals surface area contributed by atoms with Crippen molar-refractivity contribution in [3.05, 3.63) is 39.9 Å². The highest BCUT2D eigenvalue weighted by atomic mass is 127. The number of hydrogen-bond donors (Lipinski definition) is 2. The van der Waals surface area contributed by atoms with Gasteiger partial charge >= 0.3 is 0 Å². The first-order valence-electron chi connectivity index (χ1n) is 9.67. The lowest BCUT2D eigenvalue weighted by Crippen LogP contribution is -2.54. The number of halogens is 1. The summed E-state index contributed by atoms with van der Waals surface area (Å²) in [6.45, 7) is 10.6. The molecule has 0 spiro atoms. The molecule has 0 aromatic heterocycles. The van der Waals surface area contributed by atoms with Crippen LogP contribution in [0.3, 0.4) is 0 Å². The Morgan fingerprint density at radius 3 is 2.55 bits per heavy atom. The molecule has 10 heteroatoms. The average molecular weight is 518 g/mol. The SMILES string of the molecule is CCNC(=NCc1cccc([N+](=O)[O-])c1)N1CCN(CC(=O)NC(C)C)CC1.I. The van der Waals surface area contributed by atoms with Crippen LogP contribution < -0.4 is 10.6 Å². The first kappa shape index (κ1) is 25.1. The molecular formula is C19H31IN6O3. The van der Waals surface area contributed by atoms with E-state index in [1.165, 1.54) is 6.07 Å². The molecule has 162 valence electrons. The zero-order valence-corrected chi connectivity index (χ0v) is 19.6. The molecule has 1 heterocycles. The number of nitrogens with zero attached hydrogens (tertiary/aromatic N) is 4. The van der Waals surface area contributed by atoms with E-state index in [-0.39, 0.29) is 41.6 Å². The van der Waals surface area contributed by atoms with Crippen molar-refractivity contribution < 1.29 is 9.72 Å². The molecule has 1 aromatic carbocycles. The number of hydrogen-bond acceptors (Lipinski definition) is 5. The summed E-state index contributed by atoms with van der Waals surface area (Å²) in [5, 5.41) is 17.1. The minimum atomic E-state index is -0.396. The summed E-state index contributed by atoms with van der Waals surface area (Å²) >= 11 is 0. The molecule has 2 N–H and O–H groups in total. The second-order valence-corrected chi connectivity index (χ2v) is 7.08. The summed E-state index contributed by atoms with van der Waals surface area (Å²) in [5.41, 5.74) is 0.875. The van der Waals surface area contributed by atoms with Crippen LogP contribution in [0.15, 0.2) is 29.3 Å². The lowest BCUT2D eigenvalue weighted by Gasteiger charge is -2.36. The van der Waals surface area contributed by atoms with E-state index in [1.54, 1.807) is 12.1 Å². The molecule has 0 atom stereocenters. The summed E-state index contributed by atoms with van der Waals surface area (Å²) in [4.78, 5) is 31.4. The van der Waals surface area contributed by atoms with Gasteiger partial charge in [-0.3, -0.25) is 19.8 Å². The molecule has 0 unspecified atom stereocenters. The second kappa shape index (κ2) is 12.6. The third-order valence-electron chi connectivity index (χ3n) is 4.36.